The summed E-state index contributed by atoms with van der Waals surface area (Å²) in [6, 6.07) is 24.7. The molecule has 29 heavy (non-hydrogen) atoms. The van der Waals surface area contributed by atoms with Crippen molar-refractivity contribution in [2.24, 2.45) is 0 Å². The predicted octanol–water partition coefficient (Wildman–Crippen LogP) is 7.02. The largest absolute Gasteiger partial charge is 0.372 e. The Morgan fingerprint density at radius 3 is 1.45 bits per heavy atom. The fourth-order valence-electron chi connectivity index (χ4n) is 4.16. The zero-order valence-electron chi connectivity index (χ0n) is 18.6. The quantitative estimate of drug-likeness (QED) is 0.410. The van der Waals surface area contributed by atoms with Gasteiger partial charge in [0, 0.05) is 37.6 Å². The van der Waals surface area contributed by atoms with E-state index in [1.807, 2.05) is 0 Å². The van der Waals surface area contributed by atoms with Gasteiger partial charge in [-0.1, -0.05) is 42.5 Å². The van der Waals surface area contributed by atoms with Crippen LogP contribution in [0.25, 0.3) is 22.3 Å². The fraction of sp³-hybridized carbons (Fsp3) is 0.333. The van der Waals surface area contributed by atoms with Crippen molar-refractivity contribution in [2.45, 2.75) is 34.6 Å². The van der Waals surface area contributed by atoms with Crippen molar-refractivity contribution in [3.8, 4) is 22.3 Å². The van der Waals surface area contributed by atoms with Gasteiger partial charge in [-0.3, -0.25) is 0 Å². The van der Waals surface area contributed by atoms with Gasteiger partial charge in [0.15, 0.2) is 0 Å². The standard InChI is InChI=1S/C27H34N2/c1-6-28(7-2)24-17-13-22(14-18-24)26-12-10-11-21(5)27(26)23-15-19-25(20-16-23)29(8-3)9-4/h10-20H,6-9H2,1-5H3. The van der Waals surface area contributed by atoms with Gasteiger partial charge < -0.3 is 9.80 Å². The Kier molecular flexibility index (Phi) is 6.98. The summed E-state index contributed by atoms with van der Waals surface area (Å²) in [6.45, 7) is 15.2. The van der Waals surface area contributed by atoms with Crippen LogP contribution in [-0.2, 0) is 0 Å². The van der Waals surface area contributed by atoms with Crippen molar-refractivity contribution >= 4 is 11.4 Å². The maximum atomic E-state index is 2.38. The summed E-state index contributed by atoms with van der Waals surface area (Å²) in [4.78, 5) is 4.77. The van der Waals surface area contributed by atoms with Gasteiger partial charge in [-0.25, -0.2) is 0 Å². The maximum absolute atomic E-state index is 2.38. The summed E-state index contributed by atoms with van der Waals surface area (Å²) in [5.41, 5.74) is 9.06. The van der Waals surface area contributed by atoms with Gasteiger partial charge in [-0.05, 0) is 86.7 Å². The molecule has 3 aromatic carbocycles. The topological polar surface area (TPSA) is 6.48 Å². The van der Waals surface area contributed by atoms with Crippen molar-refractivity contribution < 1.29 is 0 Å². The van der Waals surface area contributed by atoms with Crippen LogP contribution in [-0.4, -0.2) is 26.2 Å². The Bertz CT molecular complexity index is 902. The minimum Gasteiger partial charge on any atom is -0.372 e. The first-order valence-electron chi connectivity index (χ1n) is 10.9. The predicted molar refractivity (Wildman–Crippen MR) is 129 cm³/mol. The molecule has 0 unspecified atom stereocenters. The lowest BCUT2D eigenvalue weighted by molar-refractivity contribution is 0.866. The molecule has 2 nitrogen and oxygen atoms in total. The molecule has 0 saturated heterocycles. The van der Waals surface area contributed by atoms with E-state index >= 15 is 0 Å². The first-order chi connectivity index (χ1) is 14.1. The number of anilines is 2. The van der Waals surface area contributed by atoms with Crippen molar-refractivity contribution in [1.29, 1.82) is 0 Å². The fourth-order valence-corrected chi connectivity index (χ4v) is 4.16. The summed E-state index contributed by atoms with van der Waals surface area (Å²) < 4.78 is 0. The van der Waals surface area contributed by atoms with Crippen molar-refractivity contribution in [3.63, 3.8) is 0 Å². The van der Waals surface area contributed by atoms with Gasteiger partial charge in [-0.15, -0.1) is 0 Å². The highest BCUT2D eigenvalue weighted by molar-refractivity contribution is 5.86. The molecular formula is C27H34N2. The van der Waals surface area contributed by atoms with E-state index in [0.717, 1.165) is 26.2 Å². The van der Waals surface area contributed by atoms with E-state index < -0.39 is 0 Å². The molecule has 3 aromatic rings. The molecule has 2 heteroatoms. The van der Waals surface area contributed by atoms with Crippen molar-refractivity contribution in [2.75, 3.05) is 36.0 Å². The third kappa shape index (κ3) is 4.48. The first-order valence-corrected chi connectivity index (χ1v) is 10.9. The third-order valence-electron chi connectivity index (χ3n) is 5.86. The maximum Gasteiger partial charge on any atom is 0.0366 e. The summed E-state index contributed by atoms with van der Waals surface area (Å²) >= 11 is 0. The Morgan fingerprint density at radius 2 is 1.00 bits per heavy atom. The van der Waals surface area contributed by atoms with E-state index in [-0.39, 0.29) is 0 Å². The molecule has 0 heterocycles. The molecule has 0 aliphatic rings. The highest BCUT2D eigenvalue weighted by atomic mass is 15.1. The van der Waals surface area contributed by atoms with Crippen LogP contribution in [0.1, 0.15) is 33.3 Å². The van der Waals surface area contributed by atoms with Gasteiger partial charge in [0.05, 0.1) is 0 Å². The molecule has 0 saturated carbocycles. The second-order valence-corrected chi connectivity index (χ2v) is 7.44. The Morgan fingerprint density at radius 1 is 0.552 bits per heavy atom. The SMILES string of the molecule is CCN(CC)c1ccc(-c2cccc(C)c2-c2ccc(N(CC)CC)cc2)cc1. The molecule has 3 rings (SSSR count). The lowest BCUT2D eigenvalue weighted by Crippen LogP contribution is -2.21. The van der Waals surface area contributed by atoms with Crippen LogP contribution in [0.2, 0.25) is 0 Å². The second kappa shape index (κ2) is 9.65. The molecular weight excluding hydrogens is 352 g/mol. The average molecular weight is 387 g/mol. The summed E-state index contributed by atoms with van der Waals surface area (Å²) in [5.74, 6) is 0. The third-order valence-corrected chi connectivity index (χ3v) is 5.86. The van der Waals surface area contributed by atoms with Crippen LogP contribution in [0, 0.1) is 6.92 Å². The van der Waals surface area contributed by atoms with Gasteiger partial charge in [0.1, 0.15) is 0 Å². The number of hydrogen-bond acceptors (Lipinski definition) is 2. The van der Waals surface area contributed by atoms with Gasteiger partial charge >= 0.3 is 0 Å². The smallest absolute Gasteiger partial charge is 0.0366 e. The summed E-state index contributed by atoms with van der Waals surface area (Å²) in [7, 11) is 0. The molecule has 0 N–H and O–H groups in total. The number of hydrogen-bond donors (Lipinski definition) is 0. The minimum atomic E-state index is 1.03. The molecule has 0 aliphatic carbocycles. The Hall–Kier alpha value is -2.74. The van der Waals surface area contributed by atoms with Crippen LogP contribution in [0.4, 0.5) is 11.4 Å². The van der Waals surface area contributed by atoms with E-state index in [2.05, 4.69) is 111 Å². The van der Waals surface area contributed by atoms with Crippen LogP contribution >= 0.6 is 0 Å². The zero-order valence-corrected chi connectivity index (χ0v) is 18.6. The Balaban J connectivity index is 2.00. The lowest BCUT2D eigenvalue weighted by Gasteiger charge is -2.22. The highest BCUT2D eigenvalue weighted by Gasteiger charge is 2.12. The normalized spacial score (nSPS) is 10.8. The second-order valence-electron chi connectivity index (χ2n) is 7.44. The molecule has 0 bridgehead atoms. The minimum absolute atomic E-state index is 1.03. The molecule has 152 valence electrons. The highest BCUT2D eigenvalue weighted by Crippen LogP contribution is 2.36. The van der Waals surface area contributed by atoms with E-state index in [1.54, 1.807) is 0 Å². The van der Waals surface area contributed by atoms with Gasteiger partial charge in [0.25, 0.3) is 0 Å². The zero-order chi connectivity index (χ0) is 20.8. The molecule has 0 atom stereocenters. The average Bonchev–Trinajstić information content (AvgIpc) is 2.76. The van der Waals surface area contributed by atoms with Crippen LogP contribution in [0.5, 0.6) is 0 Å². The van der Waals surface area contributed by atoms with Crippen LogP contribution in [0.3, 0.4) is 0 Å². The number of aryl methyl sites for hydroxylation is 1. The summed E-state index contributed by atoms with van der Waals surface area (Å²) in [5, 5.41) is 0. The van der Waals surface area contributed by atoms with Gasteiger partial charge in [-0.2, -0.15) is 0 Å². The van der Waals surface area contributed by atoms with Crippen LogP contribution in [0.15, 0.2) is 66.7 Å². The van der Waals surface area contributed by atoms with Crippen molar-refractivity contribution in [1.82, 2.24) is 0 Å². The van der Waals surface area contributed by atoms with E-state index in [1.165, 1.54) is 39.2 Å². The number of nitrogens with zero attached hydrogens (tertiary/aromatic N) is 2. The number of rotatable bonds is 8. The van der Waals surface area contributed by atoms with E-state index in [4.69, 9.17) is 0 Å². The monoisotopic (exact) mass is 386 g/mol. The Labute approximate surface area is 176 Å². The van der Waals surface area contributed by atoms with Gasteiger partial charge in [0.2, 0.25) is 0 Å². The molecule has 0 spiro atoms. The molecule has 0 aliphatic heterocycles. The van der Waals surface area contributed by atoms with E-state index in [0.29, 0.717) is 0 Å². The lowest BCUT2D eigenvalue weighted by atomic mass is 9.91. The molecule has 0 radical (unpaired) electrons. The molecule has 0 amide bonds. The first kappa shape index (κ1) is 21.0. The van der Waals surface area contributed by atoms with Crippen molar-refractivity contribution in [3.05, 3.63) is 72.3 Å². The molecule has 0 aromatic heterocycles. The van der Waals surface area contributed by atoms with Crippen LogP contribution < -0.4 is 9.80 Å². The number of benzene rings is 3. The van der Waals surface area contributed by atoms with E-state index in [9.17, 15) is 0 Å². The molecule has 0 fully saturated rings. The summed E-state index contributed by atoms with van der Waals surface area (Å²) in [6.07, 6.45) is 0.